The molecule has 0 aromatic rings. The van der Waals surface area contributed by atoms with Gasteiger partial charge < -0.3 is 0 Å². The maximum Gasteiger partial charge on any atom is -0.0172 e. The van der Waals surface area contributed by atoms with Crippen molar-refractivity contribution in [3.8, 4) is 0 Å². The molecule has 0 N–H and O–H groups in total. The van der Waals surface area contributed by atoms with E-state index in [2.05, 4.69) is 33.8 Å². The van der Waals surface area contributed by atoms with Crippen LogP contribution in [0.15, 0.2) is 11.6 Å². The van der Waals surface area contributed by atoms with E-state index in [4.69, 9.17) is 0 Å². The van der Waals surface area contributed by atoms with Crippen LogP contribution in [0.25, 0.3) is 0 Å². The van der Waals surface area contributed by atoms with E-state index in [9.17, 15) is 0 Å². The Morgan fingerprint density at radius 3 is 2.60 bits per heavy atom. The van der Waals surface area contributed by atoms with Gasteiger partial charge in [-0.3, -0.25) is 0 Å². The van der Waals surface area contributed by atoms with Gasteiger partial charge in [0.15, 0.2) is 0 Å². The molecule has 0 spiro atoms. The molecule has 0 amide bonds. The molecule has 0 heterocycles. The minimum atomic E-state index is 0.531. The van der Waals surface area contributed by atoms with Crippen molar-refractivity contribution in [3.63, 3.8) is 0 Å². The van der Waals surface area contributed by atoms with Crippen LogP contribution in [0, 0.1) is 23.2 Å². The van der Waals surface area contributed by atoms with E-state index in [0.29, 0.717) is 5.41 Å². The van der Waals surface area contributed by atoms with Crippen LogP contribution in [-0.2, 0) is 0 Å². The summed E-state index contributed by atoms with van der Waals surface area (Å²) in [7, 11) is 0. The molecule has 3 rings (SSSR count). The zero-order chi connectivity index (χ0) is 11.1. The fourth-order valence-corrected chi connectivity index (χ4v) is 3.40. The minimum absolute atomic E-state index is 0.531. The van der Waals surface area contributed by atoms with Gasteiger partial charge >= 0.3 is 0 Å². The molecule has 0 aromatic heterocycles. The number of allylic oxidation sites excluding steroid dienone is 2. The standard InChI is InChI=1S/C15H26/c1-11-7-8-12-10-14(11)13(12)6-5-9-15(2,3)4/h7,12-14H,5-6,8-10H2,1-4H3/t12-,13?,14-/m0/s1. The smallest absolute Gasteiger partial charge is 0.0172 e. The highest BCUT2D eigenvalue weighted by Gasteiger charge is 2.42. The Bertz CT molecular complexity index is 254. The molecule has 1 unspecified atom stereocenters. The summed E-state index contributed by atoms with van der Waals surface area (Å²) in [6.07, 6.45) is 9.68. The van der Waals surface area contributed by atoms with Crippen LogP contribution in [0.5, 0.6) is 0 Å². The first-order chi connectivity index (χ1) is 6.97. The van der Waals surface area contributed by atoms with Gasteiger partial charge in [-0.15, -0.1) is 0 Å². The molecule has 0 aromatic carbocycles. The lowest BCUT2D eigenvalue weighted by Crippen LogP contribution is -2.40. The molecule has 15 heavy (non-hydrogen) atoms. The van der Waals surface area contributed by atoms with Crippen LogP contribution in [0.1, 0.15) is 59.8 Å². The van der Waals surface area contributed by atoms with E-state index in [1.54, 1.807) is 5.57 Å². The van der Waals surface area contributed by atoms with E-state index in [1.165, 1.54) is 32.1 Å². The summed E-state index contributed by atoms with van der Waals surface area (Å²) in [5, 5.41) is 0. The molecule has 0 nitrogen and oxygen atoms in total. The second-order valence-corrected chi connectivity index (χ2v) is 6.90. The molecule has 0 radical (unpaired) electrons. The SMILES string of the molecule is CC1=CC[C@H]2C[C@@H]1C2CCCC(C)(C)C. The summed E-state index contributed by atoms with van der Waals surface area (Å²) in [6, 6.07) is 0. The molecule has 0 saturated heterocycles. The van der Waals surface area contributed by atoms with Crippen LogP contribution in [0.3, 0.4) is 0 Å². The fourth-order valence-electron chi connectivity index (χ4n) is 3.40. The molecule has 3 aliphatic carbocycles. The summed E-state index contributed by atoms with van der Waals surface area (Å²) in [5.74, 6) is 3.08. The third-order valence-corrected chi connectivity index (χ3v) is 4.47. The van der Waals surface area contributed by atoms with Crippen LogP contribution in [0.2, 0.25) is 0 Å². The molecule has 86 valence electrons. The summed E-state index contributed by atoms with van der Waals surface area (Å²) < 4.78 is 0. The lowest BCUT2D eigenvalue weighted by molar-refractivity contribution is 0.0726. The zero-order valence-electron chi connectivity index (χ0n) is 10.8. The van der Waals surface area contributed by atoms with E-state index in [0.717, 1.165) is 17.8 Å². The van der Waals surface area contributed by atoms with Gasteiger partial charge in [-0.2, -0.15) is 0 Å². The molecular weight excluding hydrogens is 180 g/mol. The Morgan fingerprint density at radius 1 is 1.33 bits per heavy atom. The van der Waals surface area contributed by atoms with Crippen molar-refractivity contribution in [2.45, 2.75) is 59.8 Å². The minimum Gasteiger partial charge on any atom is -0.0850 e. The molecule has 0 heteroatoms. The number of hydrogen-bond donors (Lipinski definition) is 0. The Kier molecular flexibility index (Phi) is 2.96. The van der Waals surface area contributed by atoms with E-state index >= 15 is 0 Å². The number of rotatable bonds is 3. The third kappa shape index (κ3) is 2.46. The summed E-state index contributed by atoms with van der Waals surface area (Å²) in [6.45, 7) is 9.43. The monoisotopic (exact) mass is 206 g/mol. The molecule has 2 bridgehead atoms. The highest BCUT2D eigenvalue weighted by Crippen LogP contribution is 2.52. The zero-order valence-corrected chi connectivity index (χ0v) is 10.8. The van der Waals surface area contributed by atoms with Crippen molar-refractivity contribution in [1.82, 2.24) is 0 Å². The van der Waals surface area contributed by atoms with Gasteiger partial charge in [0.1, 0.15) is 0 Å². The normalized spacial score (nSPS) is 34.7. The van der Waals surface area contributed by atoms with Crippen molar-refractivity contribution in [2.75, 3.05) is 0 Å². The first kappa shape index (κ1) is 11.2. The fraction of sp³-hybridized carbons (Fsp3) is 0.867. The van der Waals surface area contributed by atoms with Crippen molar-refractivity contribution >= 4 is 0 Å². The maximum atomic E-state index is 2.49. The van der Waals surface area contributed by atoms with E-state index in [-0.39, 0.29) is 0 Å². The van der Waals surface area contributed by atoms with Gasteiger partial charge in [-0.25, -0.2) is 0 Å². The predicted molar refractivity (Wildman–Crippen MR) is 66.8 cm³/mol. The van der Waals surface area contributed by atoms with Gasteiger partial charge in [0.05, 0.1) is 0 Å². The summed E-state index contributed by atoms with van der Waals surface area (Å²) in [4.78, 5) is 0. The quantitative estimate of drug-likeness (QED) is 0.582. The lowest BCUT2D eigenvalue weighted by atomic mass is 9.56. The van der Waals surface area contributed by atoms with Crippen molar-refractivity contribution in [3.05, 3.63) is 11.6 Å². The Morgan fingerprint density at radius 2 is 2.07 bits per heavy atom. The van der Waals surface area contributed by atoms with Crippen molar-refractivity contribution < 1.29 is 0 Å². The van der Waals surface area contributed by atoms with Crippen LogP contribution >= 0.6 is 0 Å². The second-order valence-electron chi connectivity index (χ2n) is 6.90. The van der Waals surface area contributed by atoms with Crippen LogP contribution in [-0.4, -0.2) is 0 Å². The summed E-state index contributed by atoms with van der Waals surface area (Å²) >= 11 is 0. The average Bonchev–Trinajstić information content (AvgIpc) is 2.10. The van der Waals surface area contributed by atoms with E-state index in [1.807, 2.05) is 0 Å². The van der Waals surface area contributed by atoms with Gasteiger partial charge in [-0.05, 0) is 55.8 Å². The molecule has 3 aliphatic rings. The summed E-state index contributed by atoms with van der Waals surface area (Å²) in [5.41, 5.74) is 2.22. The van der Waals surface area contributed by atoms with Gasteiger partial charge in [0, 0.05) is 0 Å². The van der Waals surface area contributed by atoms with Gasteiger partial charge in [0.25, 0.3) is 0 Å². The highest BCUT2D eigenvalue weighted by molar-refractivity contribution is 5.17. The largest absolute Gasteiger partial charge is 0.0850 e. The molecule has 3 atom stereocenters. The third-order valence-electron chi connectivity index (χ3n) is 4.47. The molecule has 1 fully saturated rings. The predicted octanol–water partition coefficient (Wildman–Crippen LogP) is 4.81. The van der Waals surface area contributed by atoms with Gasteiger partial charge in [0.2, 0.25) is 0 Å². The molecule has 1 saturated carbocycles. The van der Waals surface area contributed by atoms with Crippen molar-refractivity contribution in [1.29, 1.82) is 0 Å². The Labute approximate surface area is 95.1 Å². The lowest BCUT2D eigenvalue weighted by Gasteiger charge is -2.49. The Hall–Kier alpha value is -0.260. The van der Waals surface area contributed by atoms with Crippen molar-refractivity contribution in [2.24, 2.45) is 23.2 Å². The van der Waals surface area contributed by atoms with Crippen LogP contribution < -0.4 is 0 Å². The molecule has 0 aliphatic heterocycles. The topological polar surface area (TPSA) is 0 Å². The maximum absolute atomic E-state index is 2.49. The Balaban J connectivity index is 1.76. The highest BCUT2D eigenvalue weighted by atomic mass is 14.5. The number of fused-ring (bicyclic) bond motifs is 1. The first-order valence-corrected chi connectivity index (χ1v) is 6.64. The average molecular weight is 206 g/mol. The van der Waals surface area contributed by atoms with E-state index < -0.39 is 0 Å². The van der Waals surface area contributed by atoms with Crippen LogP contribution in [0.4, 0.5) is 0 Å². The number of hydrogen-bond acceptors (Lipinski definition) is 0. The molecular formula is C15H26. The second kappa shape index (κ2) is 3.96. The first-order valence-electron chi connectivity index (χ1n) is 6.64. The van der Waals surface area contributed by atoms with Gasteiger partial charge in [-0.1, -0.05) is 38.8 Å².